The van der Waals surface area contributed by atoms with E-state index in [0.717, 1.165) is 23.4 Å². The van der Waals surface area contributed by atoms with Gasteiger partial charge in [-0.05, 0) is 47.5 Å². The summed E-state index contributed by atoms with van der Waals surface area (Å²) < 4.78 is 40.6. The monoisotopic (exact) mass is 456 g/mol. The van der Waals surface area contributed by atoms with Crippen molar-refractivity contribution in [2.24, 2.45) is 0 Å². The van der Waals surface area contributed by atoms with Crippen molar-refractivity contribution < 1.29 is 22.8 Å². The number of amides is 2. The van der Waals surface area contributed by atoms with Crippen LogP contribution >= 0.6 is 0 Å². The van der Waals surface area contributed by atoms with E-state index >= 15 is 0 Å². The normalized spacial score (nSPS) is 15.7. The van der Waals surface area contributed by atoms with Gasteiger partial charge in [-0.3, -0.25) is 14.6 Å². The molecule has 1 N–H and O–H groups in total. The number of carbonyl (C=O) groups is 2. The van der Waals surface area contributed by atoms with Gasteiger partial charge >= 0.3 is 6.18 Å². The number of rotatable bonds is 6. The van der Waals surface area contributed by atoms with E-state index in [4.69, 9.17) is 0 Å². The Balaban J connectivity index is 1.37. The van der Waals surface area contributed by atoms with Gasteiger partial charge in [-0.25, -0.2) is 0 Å². The quantitative estimate of drug-likeness (QED) is 0.611. The molecule has 9 heteroatoms. The fraction of sp³-hybridized carbons (Fsp3) is 0.292. The number of nitrogens with zero attached hydrogens (tertiary/aromatic N) is 3. The van der Waals surface area contributed by atoms with Crippen molar-refractivity contribution in [1.82, 2.24) is 19.8 Å². The first-order valence-corrected chi connectivity index (χ1v) is 10.6. The van der Waals surface area contributed by atoms with Gasteiger partial charge in [-0.2, -0.15) is 13.2 Å². The van der Waals surface area contributed by atoms with E-state index in [-0.39, 0.29) is 37.2 Å². The maximum Gasteiger partial charge on any atom is 0.416 e. The van der Waals surface area contributed by atoms with Crippen LogP contribution in [0, 0.1) is 0 Å². The van der Waals surface area contributed by atoms with Crippen molar-refractivity contribution in [2.45, 2.75) is 38.1 Å². The molecule has 0 fully saturated rings. The van der Waals surface area contributed by atoms with Crippen LogP contribution in [0.5, 0.6) is 0 Å². The van der Waals surface area contributed by atoms with Gasteiger partial charge in [0.1, 0.15) is 0 Å². The number of hydrogen-bond acceptors (Lipinski definition) is 3. The van der Waals surface area contributed by atoms with E-state index in [9.17, 15) is 22.8 Å². The van der Waals surface area contributed by atoms with Crippen LogP contribution in [0.2, 0.25) is 0 Å². The van der Waals surface area contributed by atoms with Crippen molar-refractivity contribution in [2.75, 3.05) is 6.54 Å². The summed E-state index contributed by atoms with van der Waals surface area (Å²) in [5.74, 6) is -0.542. The van der Waals surface area contributed by atoms with Gasteiger partial charge in [0.15, 0.2) is 0 Å². The predicted molar refractivity (Wildman–Crippen MR) is 115 cm³/mol. The third kappa shape index (κ3) is 5.24. The highest BCUT2D eigenvalue weighted by atomic mass is 19.4. The second kappa shape index (κ2) is 9.48. The summed E-state index contributed by atoms with van der Waals surface area (Å²) in [5.41, 5.74) is 1.52. The Hall–Kier alpha value is -3.62. The summed E-state index contributed by atoms with van der Waals surface area (Å²) in [4.78, 5) is 31.1. The zero-order valence-corrected chi connectivity index (χ0v) is 17.8. The largest absolute Gasteiger partial charge is 0.416 e. The highest BCUT2D eigenvalue weighted by Crippen LogP contribution is 2.33. The molecule has 0 saturated carbocycles. The molecule has 4 rings (SSSR count). The first-order chi connectivity index (χ1) is 15.8. The minimum Gasteiger partial charge on any atom is -0.352 e. The second-order valence-corrected chi connectivity index (χ2v) is 7.87. The van der Waals surface area contributed by atoms with Crippen LogP contribution in [0.4, 0.5) is 13.2 Å². The Morgan fingerprint density at radius 1 is 1.03 bits per heavy atom. The molecule has 0 bridgehead atoms. The molecule has 172 valence electrons. The zero-order chi connectivity index (χ0) is 23.4. The number of pyridine rings is 1. The lowest BCUT2D eigenvalue weighted by Crippen LogP contribution is -2.42. The van der Waals surface area contributed by atoms with E-state index in [1.807, 2.05) is 30.5 Å². The molecule has 6 nitrogen and oxygen atoms in total. The summed E-state index contributed by atoms with van der Waals surface area (Å²) in [6.45, 7) is 1.14. The summed E-state index contributed by atoms with van der Waals surface area (Å²) >= 11 is 0. The predicted octanol–water partition coefficient (Wildman–Crippen LogP) is 3.93. The summed E-state index contributed by atoms with van der Waals surface area (Å²) in [5, 5.41) is 2.60. The first kappa shape index (κ1) is 22.6. The molecular formula is C24H23F3N4O2. The SMILES string of the molecule is O=C(CCC(=O)N1CCn2cccc2C1c1ccncc1)NCc1cccc(C(F)(F)F)c1. The number of aromatic nitrogens is 2. The molecule has 1 aromatic carbocycles. The second-order valence-electron chi connectivity index (χ2n) is 7.87. The van der Waals surface area contributed by atoms with E-state index in [2.05, 4.69) is 14.9 Å². The van der Waals surface area contributed by atoms with Crippen molar-refractivity contribution >= 4 is 11.8 Å². The van der Waals surface area contributed by atoms with E-state index < -0.39 is 11.7 Å². The molecule has 0 spiro atoms. The fourth-order valence-electron chi connectivity index (χ4n) is 4.06. The molecule has 1 unspecified atom stereocenters. The molecule has 3 heterocycles. The number of nitrogens with one attached hydrogen (secondary N) is 1. The number of carbonyl (C=O) groups excluding carboxylic acids is 2. The molecule has 3 aromatic rings. The standard InChI is InChI=1S/C24H23F3N4O2/c25-24(26,27)19-4-1-3-17(15-19)16-29-21(32)6-7-22(33)31-14-13-30-12-2-5-20(30)23(31)18-8-10-28-11-9-18/h1-5,8-12,15,23H,6-7,13-14,16H2,(H,29,32). The average Bonchev–Trinajstić information content (AvgIpc) is 3.29. The van der Waals surface area contributed by atoms with Crippen LogP contribution in [-0.4, -0.2) is 32.8 Å². The molecule has 0 radical (unpaired) electrons. The van der Waals surface area contributed by atoms with Crippen molar-refractivity contribution in [3.8, 4) is 0 Å². The lowest BCUT2D eigenvalue weighted by atomic mass is 10.0. The van der Waals surface area contributed by atoms with E-state index in [0.29, 0.717) is 18.7 Å². The van der Waals surface area contributed by atoms with Crippen LogP contribution in [-0.2, 0) is 28.9 Å². The Bertz CT molecular complexity index is 1130. The van der Waals surface area contributed by atoms with Gasteiger partial charge in [-0.15, -0.1) is 0 Å². The first-order valence-electron chi connectivity index (χ1n) is 10.6. The van der Waals surface area contributed by atoms with Crippen molar-refractivity contribution in [1.29, 1.82) is 0 Å². The molecule has 2 aromatic heterocycles. The molecule has 0 saturated heterocycles. The fourth-order valence-corrected chi connectivity index (χ4v) is 4.06. The maximum atomic E-state index is 13.0. The van der Waals surface area contributed by atoms with Gasteiger partial charge < -0.3 is 14.8 Å². The number of alkyl halides is 3. The number of fused-ring (bicyclic) bond motifs is 1. The van der Waals surface area contributed by atoms with Crippen LogP contribution in [0.25, 0.3) is 0 Å². The summed E-state index contributed by atoms with van der Waals surface area (Å²) in [6, 6.07) is 12.2. The lowest BCUT2D eigenvalue weighted by molar-refractivity contribution is -0.137. The van der Waals surface area contributed by atoms with Gasteiger partial charge in [0, 0.05) is 56.8 Å². The molecule has 1 atom stereocenters. The highest BCUT2D eigenvalue weighted by Gasteiger charge is 2.32. The summed E-state index contributed by atoms with van der Waals surface area (Å²) in [7, 11) is 0. The van der Waals surface area contributed by atoms with Gasteiger partial charge in [-0.1, -0.05) is 12.1 Å². The van der Waals surface area contributed by atoms with Crippen LogP contribution < -0.4 is 5.32 Å². The minimum absolute atomic E-state index is 0.0106. The zero-order valence-electron chi connectivity index (χ0n) is 17.8. The highest BCUT2D eigenvalue weighted by molar-refractivity contribution is 5.84. The lowest BCUT2D eigenvalue weighted by Gasteiger charge is -2.37. The number of hydrogen-bond donors (Lipinski definition) is 1. The molecule has 33 heavy (non-hydrogen) atoms. The third-order valence-corrected chi connectivity index (χ3v) is 5.69. The third-order valence-electron chi connectivity index (χ3n) is 5.69. The minimum atomic E-state index is -4.44. The Kier molecular flexibility index (Phi) is 6.48. The molecular weight excluding hydrogens is 433 g/mol. The maximum absolute atomic E-state index is 13.0. The summed E-state index contributed by atoms with van der Waals surface area (Å²) in [6.07, 6.45) is 0.871. The smallest absolute Gasteiger partial charge is 0.352 e. The average molecular weight is 456 g/mol. The number of benzene rings is 1. The van der Waals surface area contributed by atoms with Crippen LogP contribution in [0.15, 0.2) is 67.1 Å². The van der Waals surface area contributed by atoms with Crippen molar-refractivity contribution in [3.63, 3.8) is 0 Å². The topological polar surface area (TPSA) is 67.2 Å². The van der Waals surface area contributed by atoms with Crippen LogP contribution in [0.3, 0.4) is 0 Å². The Morgan fingerprint density at radius 2 is 1.82 bits per heavy atom. The Morgan fingerprint density at radius 3 is 2.58 bits per heavy atom. The van der Waals surface area contributed by atoms with Crippen molar-refractivity contribution in [3.05, 3.63) is 89.5 Å². The van der Waals surface area contributed by atoms with E-state index in [1.54, 1.807) is 17.3 Å². The van der Waals surface area contributed by atoms with Gasteiger partial charge in [0.05, 0.1) is 11.6 Å². The number of halogens is 3. The van der Waals surface area contributed by atoms with Gasteiger partial charge in [0.25, 0.3) is 0 Å². The molecule has 1 aliphatic rings. The molecule has 2 amide bonds. The molecule has 0 aliphatic carbocycles. The van der Waals surface area contributed by atoms with Crippen LogP contribution in [0.1, 0.15) is 41.3 Å². The van der Waals surface area contributed by atoms with Gasteiger partial charge in [0.2, 0.25) is 11.8 Å². The van der Waals surface area contributed by atoms with E-state index in [1.165, 1.54) is 12.1 Å². The molecule has 1 aliphatic heterocycles. The Labute approximate surface area is 189 Å².